The first kappa shape index (κ1) is 21.4. The Bertz CT molecular complexity index is 576. The van der Waals surface area contributed by atoms with Gasteiger partial charge >= 0.3 is 12.1 Å². The molecule has 6 nitrogen and oxygen atoms in total. The number of anilines is 1. The third-order valence-electron chi connectivity index (χ3n) is 3.70. The molecule has 1 aliphatic carbocycles. The quantitative estimate of drug-likeness (QED) is 0.644. The molecule has 0 aromatic carbocycles. The second kappa shape index (κ2) is 9.71. The van der Waals surface area contributed by atoms with Crippen molar-refractivity contribution in [1.29, 1.82) is 0 Å². The molecule has 1 aromatic heterocycles. The maximum atomic E-state index is 12.0. The van der Waals surface area contributed by atoms with E-state index in [9.17, 15) is 18.0 Å². The summed E-state index contributed by atoms with van der Waals surface area (Å²) in [6.07, 6.45) is 2.30. The number of halogens is 4. The number of rotatable bonds is 3. The summed E-state index contributed by atoms with van der Waals surface area (Å²) in [5, 5.41) is 9.94. The maximum absolute atomic E-state index is 12.0. The monoisotopic (exact) mass is 425 g/mol. The van der Waals surface area contributed by atoms with Crippen LogP contribution in [0, 0.1) is 5.92 Å². The Morgan fingerprint density at radius 2 is 1.84 bits per heavy atom. The minimum atomic E-state index is -5.08. The lowest BCUT2D eigenvalue weighted by Gasteiger charge is -2.26. The van der Waals surface area contributed by atoms with Crippen LogP contribution in [0.2, 0.25) is 0 Å². The van der Waals surface area contributed by atoms with Gasteiger partial charge < -0.3 is 16.2 Å². The van der Waals surface area contributed by atoms with Gasteiger partial charge in [0.2, 0.25) is 5.91 Å². The van der Waals surface area contributed by atoms with Crippen LogP contribution in [0.4, 0.5) is 18.9 Å². The number of hydrogen-bond donors (Lipinski definition) is 3. The Labute approximate surface area is 151 Å². The summed E-state index contributed by atoms with van der Waals surface area (Å²) in [6, 6.07) is 3.19. The number of carboxylic acid groups (broad SMARTS) is 1. The van der Waals surface area contributed by atoms with E-state index >= 15 is 0 Å². The van der Waals surface area contributed by atoms with E-state index in [-0.39, 0.29) is 5.91 Å². The molecule has 1 heterocycles. The molecule has 0 bridgehead atoms. The number of alkyl halides is 3. The van der Waals surface area contributed by atoms with Crippen molar-refractivity contribution >= 4 is 33.5 Å². The van der Waals surface area contributed by atoms with E-state index in [0.717, 1.165) is 17.4 Å². The van der Waals surface area contributed by atoms with Gasteiger partial charge in [-0.25, -0.2) is 9.78 Å². The van der Waals surface area contributed by atoms with Crippen LogP contribution in [-0.4, -0.2) is 34.2 Å². The molecule has 1 aromatic rings. The van der Waals surface area contributed by atoms with Crippen molar-refractivity contribution in [3.05, 3.63) is 22.9 Å². The Hall–Kier alpha value is -1.68. The number of carbonyl (C=O) groups excluding carboxylic acids is 1. The van der Waals surface area contributed by atoms with Gasteiger partial charge in [-0.15, -0.1) is 0 Å². The van der Waals surface area contributed by atoms with E-state index in [0.29, 0.717) is 11.6 Å². The van der Waals surface area contributed by atoms with Crippen LogP contribution in [0.25, 0.3) is 0 Å². The summed E-state index contributed by atoms with van der Waals surface area (Å²) in [5.74, 6) is -2.54. The van der Waals surface area contributed by atoms with Gasteiger partial charge in [0.15, 0.2) is 0 Å². The fraction of sp³-hybridized carbons (Fsp3) is 0.533. The van der Waals surface area contributed by atoms with Crippen LogP contribution in [0.15, 0.2) is 22.9 Å². The summed E-state index contributed by atoms with van der Waals surface area (Å²) >= 11 is 3.25. The number of aromatic nitrogens is 1. The average Bonchev–Trinajstić information content (AvgIpc) is 2.56. The molecule has 0 aliphatic heterocycles. The van der Waals surface area contributed by atoms with E-state index < -0.39 is 18.2 Å². The zero-order valence-electron chi connectivity index (χ0n) is 13.2. The van der Waals surface area contributed by atoms with Crippen LogP contribution in [-0.2, 0) is 9.59 Å². The van der Waals surface area contributed by atoms with Gasteiger partial charge in [-0.05, 0) is 46.8 Å². The normalized spacial score (nSPS) is 16.4. The molecule has 1 saturated carbocycles. The molecule has 1 amide bonds. The van der Waals surface area contributed by atoms with E-state index in [1.807, 2.05) is 6.07 Å². The first-order valence-corrected chi connectivity index (χ1v) is 8.38. The highest BCUT2D eigenvalue weighted by Crippen LogP contribution is 2.26. The molecule has 1 atom stereocenters. The largest absolute Gasteiger partial charge is 0.490 e. The molecule has 4 N–H and O–H groups in total. The topological polar surface area (TPSA) is 105 Å². The SMILES string of the molecule is N[C@H](C(=O)Nc1ccc(Br)nc1)C1CCCCC1.O=C(O)C(F)(F)F. The Morgan fingerprint density at radius 3 is 2.28 bits per heavy atom. The van der Waals surface area contributed by atoms with Gasteiger partial charge in [-0.3, -0.25) is 4.79 Å². The van der Waals surface area contributed by atoms with Crippen LogP contribution < -0.4 is 11.1 Å². The fourth-order valence-electron chi connectivity index (χ4n) is 2.38. The zero-order valence-corrected chi connectivity index (χ0v) is 14.8. The highest BCUT2D eigenvalue weighted by Gasteiger charge is 2.38. The Morgan fingerprint density at radius 1 is 1.28 bits per heavy atom. The van der Waals surface area contributed by atoms with E-state index in [4.69, 9.17) is 15.6 Å². The predicted octanol–water partition coefficient (Wildman–Crippen LogP) is 3.32. The van der Waals surface area contributed by atoms with Crippen LogP contribution in [0.5, 0.6) is 0 Å². The van der Waals surface area contributed by atoms with Crippen LogP contribution in [0.1, 0.15) is 32.1 Å². The van der Waals surface area contributed by atoms with Crippen molar-refractivity contribution in [3.63, 3.8) is 0 Å². The summed E-state index contributed by atoms with van der Waals surface area (Å²) in [4.78, 5) is 25.0. The first-order valence-electron chi connectivity index (χ1n) is 7.59. The molecule has 140 valence electrons. The molecular weight excluding hydrogens is 407 g/mol. The molecule has 2 rings (SSSR count). The highest BCUT2D eigenvalue weighted by atomic mass is 79.9. The molecule has 0 saturated heterocycles. The number of aliphatic carboxylic acids is 1. The number of pyridine rings is 1. The Balaban J connectivity index is 0.000000381. The molecule has 10 heteroatoms. The van der Waals surface area contributed by atoms with Crippen molar-refractivity contribution < 1.29 is 27.9 Å². The van der Waals surface area contributed by atoms with Crippen molar-refractivity contribution in [2.75, 3.05) is 5.32 Å². The number of amides is 1. The van der Waals surface area contributed by atoms with Crippen molar-refractivity contribution in [1.82, 2.24) is 4.98 Å². The molecular formula is C15H19BrF3N3O3. The van der Waals surface area contributed by atoms with E-state index in [2.05, 4.69) is 26.2 Å². The summed E-state index contributed by atoms with van der Waals surface area (Å²) in [7, 11) is 0. The lowest BCUT2D eigenvalue weighted by molar-refractivity contribution is -0.192. The molecule has 1 aliphatic rings. The summed E-state index contributed by atoms with van der Waals surface area (Å²) < 4.78 is 32.5. The van der Waals surface area contributed by atoms with Crippen molar-refractivity contribution in [2.45, 2.75) is 44.3 Å². The smallest absolute Gasteiger partial charge is 0.475 e. The van der Waals surface area contributed by atoms with Crippen LogP contribution in [0.3, 0.4) is 0 Å². The van der Waals surface area contributed by atoms with Gasteiger partial charge in [0, 0.05) is 0 Å². The Kier molecular flexibility index (Phi) is 8.30. The maximum Gasteiger partial charge on any atom is 0.490 e. The molecule has 25 heavy (non-hydrogen) atoms. The second-order valence-corrected chi connectivity index (χ2v) is 6.40. The molecule has 0 radical (unpaired) electrons. The average molecular weight is 426 g/mol. The number of nitrogens with two attached hydrogens (primary N) is 1. The number of carboxylic acids is 1. The number of carbonyl (C=O) groups is 2. The van der Waals surface area contributed by atoms with Crippen molar-refractivity contribution in [3.8, 4) is 0 Å². The second-order valence-electron chi connectivity index (χ2n) is 5.59. The molecule has 0 spiro atoms. The third-order valence-corrected chi connectivity index (χ3v) is 4.17. The fourth-order valence-corrected chi connectivity index (χ4v) is 2.62. The third kappa shape index (κ3) is 7.82. The first-order chi connectivity index (χ1) is 11.6. The zero-order chi connectivity index (χ0) is 19.0. The summed E-state index contributed by atoms with van der Waals surface area (Å²) in [5.41, 5.74) is 6.72. The van der Waals surface area contributed by atoms with Gasteiger partial charge in [-0.2, -0.15) is 13.2 Å². The van der Waals surface area contributed by atoms with Crippen LogP contribution >= 0.6 is 15.9 Å². The number of nitrogens with zero attached hydrogens (tertiary/aromatic N) is 1. The highest BCUT2D eigenvalue weighted by molar-refractivity contribution is 9.10. The van der Waals surface area contributed by atoms with E-state index in [1.54, 1.807) is 12.3 Å². The molecule has 1 fully saturated rings. The van der Waals surface area contributed by atoms with Gasteiger partial charge in [0.05, 0.1) is 17.9 Å². The van der Waals surface area contributed by atoms with E-state index in [1.165, 1.54) is 19.3 Å². The van der Waals surface area contributed by atoms with Gasteiger partial charge in [0.1, 0.15) is 4.60 Å². The standard InChI is InChI=1S/C13H18BrN3O.C2HF3O2/c14-11-7-6-10(8-16-11)17-13(18)12(15)9-4-2-1-3-5-9;3-2(4,5)1(6)7/h6-9,12H,1-5,15H2,(H,17,18);(H,6,7)/t12-;/m0./s1. The molecule has 0 unspecified atom stereocenters. The summed E-state index contributed by atoms with van der Waals surface area (Å²) in [6.45, 7) is 0. The number of hydrogen-bond acceptors (Lipinski definition) is 4. The lowest BCUT2D eigenvalue weighted by atomic mass is 9.84. The lowest BCUT2D eigenvalue weighted by Crippen LogP contribution is -2.42. The minimum Gasteiger partial charge on any atom is -0.475 e. The predicted molar refractivity (Wildman–Crippen MR) is 88.8 cm³/mol. The number of nitrogens with one attached hydrogen (secondary N) is 1. The van der Waals surface area contributed by atoms with Gasteiger partial charge in [-0.1, -0.05) is 19.3 Å². The van der Waals surface area contributed by atoms with Gasteiger partial charge in [0.25, 0.3) is 0 Å². The van der Waals surface area contributed by atoms with Crippen molar-refractivity contribution in [2.24, 2.45) is 11.7 Å². The minimum absolute atomic E-state index is 0.106.